The summed E-state index contributed by atoms with van der Waals surface area (Å²) in [5.41, 5.74) is 2.07. The predicted octanol–water partition coefficient (Wildman–Crippen LogP) is 3.64. The summed E-state index contributed by atoms with van der Waals surface area (Å²) in [6.45, 7) is 6.25. The van der Waals surface area contributed by atoms with Crippen LogP contribution in [0.4, 0.5) is 5.69 Å². The van der Waals surface area contributed by atoms with Gasteiger partial charge in [-0.2, -0.15) is 5.10 Å². The van der Waals surface area contributed by atoms with Gasteiger partial charge in [0.15, 0.2) is 5.17 Å². The number of benzene rings is 1. The highest BCUT2D eigenvalue weighted by Crippen LogP contribution is 2.33. The number of carbonyl (C=O) groups is 1. The zero-order valence-electron chi connectivity index (χ0n) is 12.0. The number of amidine groups is 1. The minimum Gasteiger partial charge on any atom is -0.273 e. The van der Waals surface area contributed by atoms with Gasteiger partial charge in [-0.3, -0.25) is 9.69 Å². The third kappa shape index (κ3) is 3.10. The molecule has 0 unspecified atom stereocenters. The molecule has 0 aromatic heterocycles. The number of rotatable bonds is 4. The van der Waals surface area contributed by atoms with Gasteiger partial charge in [0, 0.05) is 6.21 Å². The highest BCUT2D eigenvalue weighted by Gasteiger charge is 2.31. The number of hydrogen-bond acceptors (Lipinski definition) is 4. The van der Waals surface area contributed by atoms with Crippen LogP contribution in [0.15, 0.2) is 34.5 Å². The van der Waals surface area contributed by atoms with Crippen LogP contribution >= 0.6 is 11.8 Å². The maximum Gasteiger partial charge on any atom is 0.243 e. The first-order valence-corrected chi connectivity index (χ1v) is 7.77. The quantitative estimate of drug-likeness (QED) is 0.627. The zero-order chi connectivity index (χ0) is 14.5. The third-order valence-corrected chi connectivity index (χ3v) is 3.89. The van der Waals surface area contributed by atoms with E-state index in [9.17, 15) is 4.79 Å². The first-order valence-electron chi connectivity index (χ1n) is 6.79. The molecule has 0 aliphatic carbocycles. The second-order valence-corrected chi connectivity index (χ2v) is 5.76. The Balaban J connectivity index is 2.40. The number of thioether (sulfide) groups is 1. The highest BCUT2D eigenvalue weighted by molar-refractivity contribution is 8.15. The minimum absolute atomic E-state index is 0.0635. The Morgan fingerprint density at radius 3 is 2.85 bits per heavy atom. The van der Waals surface area contributed by atoms with Crippen LogP contribution in [0.2, 0.25) is 0 Å². The van der Waals surface area contributed by atoms with Crippen molar-refractivity contribution in [1.29, 1.82) is 0 Å². The normalized spacial score (nSPS) is 17.9. The van der Waals surface area contributed by atoms with Crippen molar-refractivity contribution in [2.75, 3.05) is 10.7 Å². The van der Waals surface area contributed by atoms with Gasteiger partial charge in [0.05, 0.1) is 11.4 Å². The molecule has 5 heteroatoms. The van der Waals surface area contributed by atoms with Crippen LogP contribution in [-0.4, -0.2) is 23.0 Å². The molecule has 1 aliphatic rings. The molecule has 0 spiro atoms. The van der Waals surface area contributed by atoms with Gasteiger partial charge in [-0.05, 0) is 24.0 Å². The topological polar surface area (TPSA) is 45.0 Å². The van der Waals surface area contributed by atoms with Crippen molar-refractivity contribution >= 4 is 34.7 Å². The lowest BCUT2D eigenvalue weighted by Crippen LogP contribution is -2.30. The van der Waals surface area contributed by atoms with Crippen molar-refractivity contribution in [1.82, 2.24) is 0 Å². The fraction of sp³-hybridized carbons (Fsp3) is 0.400. The van der Waals surface area contributed by atoms with E-state index >= 15 is 0 Å². The van der Waals surface area contributed by atoms with Crippen LogP contribution in [0.3, 0.4) is 0 Å². The fourth-order valence-corrected chi connectivity index (χ4v) is 2.84. The molecule has 4 nitrogen and oxygen atoms in total. The number of hydrogen-bond donors (Lipinski definition) is 0. The smallest absolute Gasteiger partial charge is 0.243 e. The predicted molar refractivity (Wildman–Crippen MR) is 86.7 cm³/mol. The number of amides is 1. The Morgan fingerprint density at radius 1 is 1.40 bits per heavy atom. The number of nitrogens with zero attached hydrogens (tertiary/aromatic N) is 3. The SMILES string of the molecule is CC/C=N/N=C1\SCC(=O)N1c1ccccc1C(C)C. The van der Waals surface area contributed by atoms with Crippen molar-refractivity contribution in [3.05, 3.63) is 29.8 Å². The molecular formula is C15H19N3OS. The largest absolute Gasteiger partial charge is 0.273 e. The Morgan fingerprint density at radius 2 is 2.15 bits per heavy atom. The standard InChI is InChI=1S/C15H19N3OS/c1-4-9-16-17-15-18(14(19)10-20-15)13-8-6-5-7-12(13)11(2)3/h5-9,11H,4,10H2,1-3H3/b16-9+,17-15-. The van der Waals surface area contributed by atoms with E-state index in [2.05, 4.69) is 30.1 Å². The van der Waals surface area contributed by atoms with Crippen LogP contribution in [0.1, 0.15) is 38.7 Å². The van der Waals surface area contributed by atoms with Crippen molar-refractivity contribution in [2.24, 2.45) is 10.2 Å². The average molecular weight is 289 g/mol. The molecule has 0 bridgehead atoms. The highest BCUT2D eigenvalue weighted by atomic mass is 32.2. The molecule has 1 saturated heterocycles. The van der Waals surface area contributed by atoms with Gasteiger partial charge in [-0.1, -0.05) is 50.7 Å². The van der Waals surface area contributed by atoms with Gasteiger partial charge in [0.2, 0.25) is 5.91 Å². The van der Waals surface area contributed by atoms with Crippen molar-refractivity contribution in [3.8, 4) is 0 Å². The summed E-state index contributed by atoms with van der Waals surface area (Å²) in [4.78, 5) is 13.9. The maximum atomic E-state index is 12.2. The maximum absolute atomic E-state index is 12.2. The van der Waals surface area contributed by atoms with Crippen molar-refractivity contribution in [2.45, 2.75) is 33.1 Å². The zero-order valence-corrected chi connectivity index (χ0v) is 12.9. The molecule has 1 aliphatic heterocycles. The van der Waals surface area contributed by atoms with Crippen LogP contribution in [-0.2, 0) is 4.79 Å². The number of anilines is 1. The molecule has 1 heterocycles. The third-order valence-electron chi connectivity index (χ3n) is 2.97. The Labute approximate surface area is 124 Å². The second-order valence-electron chi connectivity index (χ2n) is 4.82. The van der Waals surface area contributed by atoms with E-state index in [1.165, 1.54) is 11.8 Å². The first-order chi connectivity index (χ1) is 9.65. The lowest BCUT2D eigenvalue weighted by Gasteiger charge is -2.20. The fourth-order valence-electron chi connectivity index (χ4n) is 2.02. The van der Waals surface area contributed by atoms with E-state index < -0.39 is 0 Å². The molecule has 0 N–H and O–H groups in total. The van der Waals surface area contributed by atoms with Crippen LogP contribution in [0, 0.1) is 0 Å². The Bertz CT molecular complexity index is 552. The molecule has 0 radical (unpaired) electrons. The summed E-state index contributed by atoms with van der Waals surface area (Å²) in [7, 11) is 0. The van der Waals surface area contributed by atoms with Gasteiger partial charge in [-0.25, -0.2) is 0 Å². The van der Waals surface area contributed by atoms with E-state index in [0.717, 1.165) is 17.7 Å². The summed E-state index contributed by atoms with van der Waals surface area (Å²) < 4.78 is 0. The molecule has 20 heavy (non-hydrogen) atoms. The molecule has 0 saturated carbocycles. The number of carbonyl (C=O) groups excluding carboxylic acids is 1. The summed E-state index contributed by atoms with van der Waals surface area (Å²) in [5, 5.41) is 8.84. The lowest BCUT2D eigenvalue weighted by molar-refractivity contribution is -0.115. The van der Waals surface area contributed by atoms with E-state index in [-0.39, 0.29) is 5.91 Å². The summed E-state index contributed by atoms with van der Waals surface area (Å²) in [6.07, 6.45) is 2.57. The first kappa shape index (κ1) is 14.8. The van der Waals surface area contributed by atoms with Crippen molar-refractivity contribution < 1.29 is 4.79 Å². The molecule has 1 fully saturated rings. The van der Waals surface area contributed by atoms with Gasteiger partial charge in [0.25, 0.3) is 0 Å². The molecule has 1 aromatic rings. The van der Waals surface area contributed by atoms with Gasteiger partial charge in [0.1, 0.15) is 0 Å². The van der Waals surface area contributed by atoms with Gasteiger partial charge >= 0.3 is 0 Å². The second kappa shape index (κ2) is 6.70. The van der Waals surface area contributed by atoms with Gasteiger partial charge < -0.3 is 0 Å². The monoisotopic (exact) mass is 289 g/mol. The van der Waals surface area contributed by atoms with Gasteiger partial charge in [-0.15, -0.1) is 5.10 Å². The summed E-state index contributed by atoms with van der Waals surface area (Å²) in [6, 6.07) is 7.98. The molecule has 2 rings (SSSR count). The average Bonchev–Trinajstić information content (AvgIpc) is 2.80. The van der Waals surface area contributed by atoms with E-state index in [1.54, 1.807) is 11.1 Å². The number of para-hydroxylation sites is 1. The van der Waals surface area contributed by atoms with Crippen LogP contribution in [0.5, 0.6) is 0 Å². The Kier molecular flexibility index (Phi) is 4.95. The van der Waals surface area contributed by atoms with E-state index in [4.69, 9.17) is 0 Å². The van der Waals surface area contributed by atoms with Crippen molar-refractivity contribution in [3.63, 3.8) is 0 Å². The molecule has 106 valence electrons. The minimum atomic E-state index is 0.0635. The van der Waals surface area contributed by atoms with E-state index in [1.807, 2.05) is 25.1 Å². The lowest BCUT2D eigenvalue weighted by atomic mass is 10.0. The van der Waals surface area contributed by atoms with E-state index in [0.29, 0.717) is 16.8 Å². The van der Waals surface area contributed by atoms with Crippen LogP contribution < -0.4 is 4.90 Å². The molecule has 1 amide bonds. The van der Waals surface area contributed by atoms with Crippen LogP contribution in [0.25, 0.3) is 0 Å². The Hall–Kier alpha value is -1.62. The molecular weight excluding hydrogens is 270 g/mol. The molecule has 0 atom stereocenters. The summed E-state index contributed by atoms with van der Waals surface area (Å²) in [5.74, 6) is 0.839. The summed E-state index contributed by atoms with van der Waals surface area (Å²) >= 11 is 1.44. The molecule has 1 aromatic carbocycles.